The van der Waals surface area contributed by atoms with Gasteiger partial charge in [-0.3, -0.25) is 4.79 Å². The van der Waals surface area contributed by atoms with E-state index in [2.05, 4.69) is 0 Å². The van der Waals surface area contributed by atoms with Crippen LogP contribution in [0.2, 0.25) is 0 Å². The highest BCUT2D eigenvalue weighted by atomic mass is 19.1. The fraction of sp³-hybridized carbons (Fsp3) is 0.500. The fourth-order valence-corrected chi connectivity index (χ4v) is 2.65. The van der Waals surface area contributed by atoms with E-state index in [1.165, 1.54) is 6.07 Å². The van der Waals surface area contributed by atoms with Crippen molar-refractivity contribution in [3.8, 4) is 0 Å². The van der Waals surface area contributed by atoms with E-state index in [1.54, 1.807) is 4.90 Å². The number of likely N-dealkylation sites (tertiary alicyclic amines) is 1. The Morgan fingerprint density at radius 2 is 1.67 bits per heavy atom. The van der Waals surface area contributed by atoms with Crippen molar-refractivity contribution in [3.05, 3.63) is 35.4 Å². The van der Waals surface area contributed by atoms with Gasteiger partial charge in [0.2, 0.25) is 0 Å². The molecule has 1 amide bonds. The molecule has 98 valence electrons. The summed E-state index contributed by atoms with van der Waals surface area (Å²) in [4.78, 5) is 13.9. The first-order valence-electron chi connectivity index (χ1n) is 6.29. The van der Waals surface area contributed by atoms with E-state index < -0.39 is 23.1 Å². The molecule has 1 aromatic carbocycles. The van der Waals surface area contributed by atoms with Crippen LogP contribution in [-0.2, 0) is 0 Å². The molecular formula is C14H17F2NO. The first-order chi connectivity index (χ1) is 8.52. The maximum absolute atomic E-state index is 13.6. The number of hydrogen-bond donors (Lipinski definition) is 0. The average molecular weight is 253 g/mol. The number of rotatable bonds is 1. The maximum atomic E-state index is 13.6. The van der Waals surface area contributed by atoms with Gasteiger partial charge in [-0.25, -0.2) is 8.78 Å². The van der Waals surface area contributed by atoms with Gasteiger partial charge in [-0.05, 0) is 45.2 Å². The lowest BCUT2D eigenvalue weighted by Crippen LogP contribution is -2.48. The predicted molar refractivity (Wildman–Crippen MR) is 65.3 cm³/mol. The Morgan fingerprint density at radius 1 is 1.17 bits per heavy atom. The number of amides is 1. The molecule has 1 aliphatic rings. The molecule has 0 bridgehead atoms. The van der Waals surface area contributed by atoms with Gasteiger partial charge in [-0.15, -0.1) is 0 Å². The van der Waals surface area contributed by atoms with Crippen molar-refractivity contribution in [2.24, 2.45) is 0 Å². The van der Waals surface area contributed by atoms with Gasteiger partial charge in [-0.2, -0.15) is 0 Å². The molecule has 2 rings (SSSR count). The standard InChI is InChI=1S/C14H17F2NO/c1-9-5-3-6-10(2)17(9)14(18)13-11(15)7-4-8-12(13)16/h4,7-10H,3,5-6H2,1-2H3/t9-,10-/m0/s1. The van der Waals surface area contributed by atoms with Gasteiger partial charge >= 0.3 is 0 Å². The van der Waals surface area contributed by atoms with Gasteiger partial charge in [0.1, 0.15) is 17.2 Å². The quantitative estimate of drug-likeness (QED) is 0.751. The summed E-state index contributed by atoms with van der Waals surface area (Å²) in [5, 5.41) is 0. The van der Waals surface area contributed by atoms with Crippen molar-refractivity contribution < 1.29 is 13.6 Å². The molecule has 0 aromatic heterocycles. The van der Waals surface area contributed by atoms with Crippen molar-refractivity contribution >= 4 is 5.91 Å². The van der Waals surface area contributed by atoms with Crippen LogP contribution in [0.25, 0.3) is 0 Å². The Bertz CT molecular complexity index is 431. The zero-order valence-electron chi connectivity index (χ0n) is 10.6. The molecule has 1 aromatic rings. The molecule has 1 fully saturated rings. The summed E-state index contributed by atoms with van der Waals surface area (Å²) in [6.07, 6.45) is 2.81. The monoisotopic (exact) mass is 253 g/mol. The third kappa shape index (κ3) is 2.24. The van der Waals surface area contributed by atoms with Gasteiger partial charge in [-0.1, -0.05) is 6.07 Å². The molecule has 0 aliphatic carbocycles. The van der Waals surface area contributed by atoms with Crippen molar-refractivity contribution in [2.75, 3.05) is 0 Å². The van der Waals surface area contributed by atoms with Crippen LogP contribution in [0, 0.1) is 11.6 Å². The van der Waals surface area contributed by atoms with Crippen molar-refractivity contribution in [2.45, 2.75) is 45.2 Å². The minimum absolute atomic E-state index is 0.0280. The van der Waals surface area contributed by atoms with E-state index in [4.69, 9.17) is 0 Å². The highest BCUT2D eigenvalue weighted by molar-refractivity contribution is 5.95. The summed E-state index contributed by atoms with van der Waals surface area (Å²) in [6, 6.07) is 3.57. The first-order valence-corrected chi connectivity index (χ1v) is 6.29. The Balaban J connectivity index is 2.35. The number of nitrogens with zero attached hydrogens (tertiary/aromatic N) is 1. The maximum Gasteiger partial charge on any atom is 0.260 e. The molecule has 2 atom stereocenters. The molecule has 1 heterocycles. The number of carbonyl (C=O) groups is 1. The van der Waals surface area contributed by atoms with Gasteiger partial charge in [0.15, 0.2) is 0 Å². The molecule has 1 saturated heterocycles. The Hall–Kier alpha value is -1.45. The smallest absolute Gasteiger partial charge is 0.260 e. The molecule has 0 saturated carbocycles. The molecule has 2 nitrogen and oxygen atoms in total. The third-order valence-electron chi connectivity index (χ3n) is 3.60. The Morgan fingerprint density at radius 3 is 2.17 bits per heavy atom. The van der Waals surface area contributed by atoms with E-state index in [-0.39, 0.29) is 12.1 Å². The van der Waals surface area contributed by atoms with E-state index in [1.807, 2.05) is 13.8 Å². The van der Waals surface area contributed by atoms with Crippen LogP contribution >= 0.6 is 0 Å². The second kappa shape index (κ2) is 5.04. The van der Waals surface area contributed by atoms with E-state index in [0.717, 1.165) is 31.4 Å². The lowest BCUT2D eigenvalue weighted by Gasteiger charge is -2.39. The van der Waals surface area contributed by atoms with Gasteiger partial charge < -0.3 is 4.90 Å². The molecule has 4 heteroatoms. The van der Waals surface area contributed by atoms with E-state index in [9.17, 15) is 13.6 Å². The van der Waals surface area contributed by atoms with E-state index >= 15 is 0 Å². The molecule has 0 N–H and O–H groups in total. The predicted octanol–water partition coefficient (Wildman–Crippen LogP) is 3.37. The van der Waals surface area contributed by atoms with Crippen LogP contribution in [0.5, 0.6) is 0 Å². The summed E-state index contributed by atoms with van der Waals surface area (Å²) < 4.78 is 27.2. The summed E-state index contributed by atoms with van der Waals surface area (Å²) in [7, 11) is 0. The van der Waals surface area contributed by atoms with Gasteiger partial charge in [0.05, 0.1) is 0 Å². The summed E-state index contributed by atoms with van der Waals surface area (Å²) >= 11 is 0. The van der Waals surface area contributed by atoms with E-state index in [0.29, 0.717) is 0 Å². The average Bonchev–Trinajstić information content (AvgIpc) is 2.28. The largest absolute Gasteiger partial charge is 0.333 e. The summed E-state index contributed by atoms with van der Waals surface area (Å²) in [5.74, 6) is -2.11. The molecule has 0 unspecified atom stereocenters. The van der Waals surface area contributed by atoms with Crippen molar-refractivity contribution in [3.63, 3.8) is 0 Å². The SMILES string of the molecule is C[C@H]1CCC[C@H](C)N1C(=O)c1c(F)cccc1F. The minimum atomic E-state index is -0.787. The van der Waals surface area contributed by atoms with Crippen LogP contribution in [0.4, 0.5) is 8.78 Å². The molecule has 18 heavy (non-hydrogen) atoms. The number of piperidine rings is 1. The first kappa shape index (κ1) is 13.0. The Kier molecular flexibility index (Phi) is 3.64. The van der Waals surface area contributed by atoms with Crippen LogP contribution in [-0.4, -0.2) is 22.9 Å². The molecular weight excluding hydrogens is 236 g/mol. The number of hydrogen-bond acceptors (Lipinski definition) is 1. The lowest BCUT2D eigenvalue weighted by molar-refractivity contribution is 0.0501. The summed E-state index contributed by atoms with van der Waals surface area (Å²) in [5.41, 5.74) is -0.432. The number of carbonyl (C=O) groups excluding carboxylic acids is 1. The second-order valence-electron chi connectivity index (χ2n) is 4.94. The van der Waals surface area contributed by atoms with Crippen molar-refractivity contribution in [1.82, 2.24) is 4.90 Å². The van der Waals surface area contributed by atoms with Crippen LogP contribution in [0.15, 0.2) is 18.2 Å². The number of benzene rings is 1. The van der Waals surface area contributed by atoms with Crippen LogP contribution in [0.1, 0.15) is 43.5 Å². The normalized spacial score (nSPS) is 24.1. The zero-order valence-corrected chi connectivity index (χ0v) is 10.6. The number of halogens is 2. The second-order valence-corrected chi connectivity index (χ2v) is 4.94. The zero-order chi connectivity index (χ0) is 13.3. The highest BCUT2D eigenvalue weighted by Crippen LogP contribution is 2.26. The van der Waals surface area contributed by atoms with Crippen molar-refractivity contribution in [1.29, 1.82) is 0 Å². The third-order valence-corrected chi connectivity index (χ3v) is 3.60. The van der Waals surface area contributed by atoms with Crippen LogP contribution < -0.4 is 0 Å². The Labute approximate surface area is 106 Å². The van der Waals surface area contributed by atoms with Crippen LogP contribution in [0.3, 0.4) is 0 Å². The molecule has 0 spiro atoms. The van der Waals surface area contributed by atoms with Gasteiger partial charge in [0, 0.05) is 12.1 Å². The summed E-state index contributed by atoms with van der Waals surface area (Å²) in [6.45, 7) is 3.85. The molecule has 0 radical (unpaired) electrons. The topological polar surface area (TPSA) is 20.3 Å². The minimum Gasteiger partial charge on any atom is -0.333 e. The molecule has 1 aliphatic heterocycles. The fourth-order valence-electron chi connectivity index (χ4n) is 2.65. The van der Waals surface area contributed by atoms with Gasteiger partial charge in [0.25, 0.3) is 5.91 Å². The highest BCUT2D eigenvalue weighted by Gasteiger charge is 2.32. The lowest BCUT2D eigenvalue weighted by atomic mass is 9.96.